The van der Waals surface area contributed by atoms with E-state index in [9.17, 15) is 5.11 Å². The molecule has 35 heavy (non-hydrogen) atoms. The van der Waals surface area contributed by atoms with Crippen LogP contribution in [0.15, 0.2) is 60.7 Å². The monoisotopic (exact) mass is 474 g/mol. The van der Waals surface area contributed by atoms with Gasteiger partial charge in [-0.1, -0.05) is 74.0 Å². The van der Waals surface area contributed by atoms with Gasteiger partial charge in [0.05, 0.1) is 12.7 Å². The zero-order valence-corrected chi connectivity index (χ0v) is 21.1. The summed E-state index contributed by atoms with van der Waals surface area (Å²) in [5, 5.41) is 10.4. The molecule has 2 heterocycles. The summed E-state index contributed by atoms with van der Waals surface area (Å²) < 4.78 is 5.60. The molecule has 186 valence electrons. The molecule has 4 rings (SSSR count). The van der Waals surface area contributed by atoms with Crippen LogP contribution in [0.5, 0.6) is 0 Å². The Bertz CT molecular complexity index is 1040. The number of aromatic nitrogens is 2. The third-order valence-corrected chi connectivity index (χ3v) is 6.54. The van der Waals surface area contributed by atoms with E-state index in [0.717, 1.165) is 74.9 Å². The first kappa shape index (κ1) is 25.3. The highest BCUT2D eigenvalue weighted by atomic mass is 16.5. The average Bonchev–Trinajstić information content (AvgIpc) is 2.89. The number of nitrogens with zero attached hydrogens (tertiary/aromatic N) is 4. The predicted molar refractivity (Wildman–Crippen MR) is 142 cm³/mol. The number of hydrogen-bond donors (Lipinski definition) is 1. The standard InChI is InChI=1S/C29H38N4O2/c1-3-4-19-35-22-26(34)21-32-15-17-33(18-16-32)29-27(20-24-11-7-5-8-12-24)23(2)30-28(31-29)25-13-9-6-10-14-25/h5-14,26,34H,3-4,15-22H2,1-2H3. The van der Waals surface area contributed by atoms with Crippen LogP contribution in [0.4, 0.5) is 5.82 Å². The van der Waals surface area contributed by atoms with Crippen molar-refractivity contribution in [2.75, 3.05) is 50.8 Å². The number of piperazine rings is 1. The maximum absolute atomic E-state index is 10.4. The summed E-state index contributed by atoms with van der Waals surface area (Å²) in [4.78, 5) is 14.7. The van der Waals surface area contributed by atoms with Crippen LogP contribution in [0.3, 0.4) is 0 Å². The van der Waals surface area contributed by atoms with Gasteiger partial charge in [0.1, 0.15) is 5.82 Å². The van der Waals surface area contributed by atoms with Crippen molar-refractivity contribution in [3.63, 3.8) is 0 Å². The molecule has 0 saturated carbocycles. The number of hydrogen-bond acceptors (Lipinski definition) is 6. The molecule has 6 nitrogen and oxygen atoms in total. The number of ether oxygens (including phenoxy) is 1. The highest BCUT2D eigenvalue weighted by Crippen LogP contribution is 2.28. The van der Waals surface area contributed by atoms with Gasteiger partial charge in [0, 0.05) is 62.6 Å². The Balaban J connectivity index is 1.49. The summed E-state index contributed by atoms with van der Waals surface area (Å²) in [6, 6.07) is 20.8. The first-order valence-electron chi connectivity index (χ1n) is 12.8. The summed E-state index contributed by atoms with van der Waals surface area (Å²) >= 11 is 0. The van der Waals surface area contributed by atoms with Crippen molar-refractivity contribution in [3.05, 3.63) is 77.5 Å². The molecule has 0 aliphatic carbocycles. The molecule has 1 atom stereocenters. The highest BCUT2D eigenvalue weighted by molar-refractivity contribution is 5.61. The van der Waals surface area contributed by atoms with Crippen LogP contribution >= 0.6 is 0 Å². The van der Waals surface area contributed by atoms with E-state index < -0.39 is 6.10 Å². The van der Waals surface area contributed by atoms with Gasteiger partial charge in [-0.15, -0.1) is 0 Å². The largest absolute Gasteiger partial charge is 0.389 e. The van der Waals surface area contributed by atoms with Crippen molar-refractivity contribution in [1.82, 2.24) is 14.9 Å². The molecule has 3 aromatic rings. The summed E-state index contributed by atoms with van der Waals surface area (Å²) in [6.45, 7) is 9.55. The number of aryl methyl sites for hydroxylation is 1. The Morgan fingerprint density at radius 3 is 2.31 bits per heavy atom. The summed E-state index contributed by atoms with van der Waals surface area (Å²) in [6.07, 6.45) is 2.52. The van der Waals surface area contributed by atoms with Crippen LogP contribution < -0.4 is 4.90 Å². The minimum absolute atomic E-state index is 0.410. The molecule has 1 saturated heterocycles. The van der Waals surface area contributed by atoms with Crippen LogP contribution in [0, 0.1) is 6.92 Å². The molecule has 6 heteroatoms. The second-order valence-corrected chi connectivity index (χ2v) is 9.33. The van der Waals surface area contributed by atoms with Crippen LogP contribution in [0.25, 0.3) is 11.4 Å². The fraction of sp³-hybridized carbons (Fsp3) is 0.448. The third-order valence-electron chi connectivity index (χ3n) is 6.54. The van der Waals surface area contributed by atoms with E-state index >= 15 is 0 Å². The molecule has 0 amide bonds. The first-order chi connectivity index (χ1) is 17.1. The lowest BCUT2D eigenvalue weighted by Crippen LogP contribution is -2.49. The number of aliphatic hydroxyl groups excluding tert-OH is 1. The van der Waals surface area contributed by atoms with Gasteiger partial charge >= 0.3 is 0 Å². The molecule has 1 aromatic heterocycles. The van der Waals surface area contributed by atoms with Crippen molar-refractivity contribution in [1.29, 1.82) is 0 Å². The van der Waals surface area contributed by atoms with Crippen LogP contribution in [0.1, 0.15) is 36.6 Å². The molecular weight excluding hydrogens is 436 g/mol. The molecule has 0 spiro atoms. The van der Waals surface area contributed by atoms with Gasteiger partial charge < -0.3 is 14.7 Å². The van der Waals surface area contributed by atoms with Crippen molar-refractivity contribution in [2.45, 2.75) is 39.2 Å². The van der Waals surface area contributed by atoms with Gasteiger partial charge in [0.25, 0.3) is 0 Å². The minimum Gasteiger partial charge on any atom is -0.389 e. The molecule has 2 aromatic carbocycles. The van der Waals surface area contributed by atoms with Gasteiger partial charge in [-0.2, -0.15) is 0 Å². The van der Waals surface area contributed by atoms with Gasteiger partial charge in [-0.3, -0.25) is 4.90 Å². The van der Waals surface area contributed by atoms with E-state index in [4.69, 9.17) is 14.7 Å². The predicted octanol–water partition coefficient (Wildman–Crippen LogP) is 4.34. The number of β-amino-alcohol motifs (C(OH)–C–C–N with tert-alkyl or cyclic N) is 1. The molecule has 1 aliphatic rings. The summed E-state index contributed by atoms with van der Waals surface area (Å²) in [5.74, 6) is 1.81. The van der Waals surface area contributed by atoms with Gasteiger partial charge in [0.15, 0.2) is 5.82 Å². The highest BCUT2D eigenvalue weighted by Gasteiger charge is 2.24. The van der Waals surface area contributed by atoms with Crippen LogP contribution in [-0.2, 0) is 11.2 Å². The lowest BCUT2D eigenvalue weighted by molar-refractivity contribution is 0.0150. The Morgan fingerprint density at radius 1 is 0.943 bits per heavy atom. The Hall–Kier alpha value is -2.80. The molecular formula is C29H38N4O2. The molecule has 0 radical (unpaired) electrons. The second-order valence-electron chi connectivity index (χ2n) is 9.33. The Morgan fingerprint density at radius 2 is 1.63 bits per heavy atom. The first-order valence-corrected chi connectivity index (χ1v) is 12.8. The van der Waals surface area contributed by atoms with Crippen LogP contribution in [0.2, 0.25) is 0 Å². The lowest BCUT2D eigenvalue weighted by Gasteiger charge is -2.37. The topological polar surface area (TPSA) is 61.7 Å². The number of anilines is 1. The van der Waals surface area contributed by atoms with E-state index in [-0.39, 0.29) is 0 Å². The second kappa shape index (κ2) is 12.8. The van der Waals surface area contributed by atoms with E-state index in [1.807, 2.05) is 18.2 Å². The maximum Gasteiger partial charge on any atom is 0.161 e. The van der Waals surface area contributed by atoms with Gasteiger partial charge in [-0.05, 0) is 18.9 Å². The molecule has 0 bridgehead atoms. The average molecular weight is 475 g/mol. The number of unbranched alkanes of at least 4 members (excludes halogenated alkanes) is 1. The lowest BCUT2D eigenvalue weighted by atomic mass is 10.0. The van der Waals surface area contributed by atoms with Gasteiger partial charge in [0.2, 0.25) is 0 Å². The zero-order valence-electron chi connectivity index (χ0n) is 21.1. The maximum atomic E-state index is 10.4. The third kappa shape index (κ3) is 7.10. The van der Waals surface area contributed by atoms with Crippen molar-refractivity contribution in [3.8, 4) is 11.4 Å². The van der Waals surface area contributed by atoms with E-state index in [0.29, 0.717) is 13.2 Å². The summed E-state index contributed by atoms with van der Waals surface area (Å²) in [7, 11) is 0. The Labute approximate surface area is 209 Å². The van der Waals surface area contributed by atoms with E-state index in [2.05, 4.69) is 66.1 Å². The summed E-state index contributed by atoms with van der Waals surface area (Å²) in [5.41, 5.74) is 4.51. The molecule has 1 fully saturated rings. The number of rotatable bonds is 11. The van der Waals surface area contributed by atoms with Crippen molar-refractivity contribution < 1.29 is 9.84 Å². The minimum atomic E-state index is -0.446. The van der Waals surface area contributed by atoms with Crippen molar-refractivity contribution >= 4 is 5.82 Å². The Kier molecular flexibility index (Phi) is 9.23. The zero-order chi connectivity index (χ0) is 24.5. The van der Waals surface area contributed by atoms with Crippen molar-refractivity contribution in [2.24, 2.45) is 0 Å². The normalized spacial score (nSPS) is 15.3. The molecule has 1 aliphatic heterocycles. The fourth-order valence-electron chi connectivity index (χ4n) is 4.52. The number of aliphatic hydroxyl groups is 1. The molecule has 1 N–H and O–H groups in total. The van der Waals surface area contributed by atoms with E-state index in [1.54, 1.807) is 0 Å². The molecule has 1 unspecified atom stereocenters. The van der Waals surface area contributed by atoms with Crippen LogP contribution in [-0.4, -0.2) is 72.0 Å². The quantitative estimate of drug-likeness (QED) is 0.417. The smallest absolute Gasteiger partial charge is 0.161 e. The fourth-order valence-corrected chi connectivity index (χ4v) is 4.52. The van der Waals surface area contributed by atoms with Gasteiger partial charge in [-0.25, -0.2) is 9.97 Å². The number of benzene rings is 2. The SMILES string of the molecule is CCCCOCC(O)CN1CCN(c2nc(-c3ccccc3)nc(C)c2Cc2ccccc2)CC1. The van der Waals surface area contributed by atoms with E-state index in [1.165, 1.54) is 11.1 Å².